The van der Waals surface area contributed by atoms with Crippen LogP contribution in [0.5, 0.6) is 0 Å². The van der Waals surface area contributed by atoms with Crippen molar-refractivity contribution < 1.29 is 9.18 Å². The third-order valence-electron chi connectivity index (χ3n) is 3.82. The lowest BCUT2D eigenvalue weighted by Crippen LogP contribution is -2.51. The highest BCUT2D eigenvalue weighted by Gasteiger charge is 2.30. The zero-order chi connectivity index (χ0) is 15.0. The highest BCUT2D eigenvalue weighted by atomic mass is 19.1. The zero-order valence-electron chi connectivity index (χ0n) is 11.6. The topological polar surface area (TPSA) is 89.6 Å². The van der Waals surface area contributed by atoms with Crippen LogP contribution in [0.1, 0.15) is 22.5 Å². The summed E-state index contributed by atoms with van der Waals surface area (Å²) in [5.41, 5.74) is 13.3. The molecule has 1 saturated heterocycles. The molecular weight excluding hydrogens is 273 g/mol. The Morgan fingerprint density at radius 2 is 2.24 bits per heavy atom. The molecule has 112 valence electrons. The first-order valence-electron chi connectivity index (χ1n) is 6.95. The summed E-state index contributed by atoms with van der Waals surface area (Å²) < 4.78 is 15.1. The maximum absolute atomic E-state index is 13.4. The minimum absolute atomic E-state index is 0.213. The van der Waals surface area contributed by atoms with E-state index < -0.39 is 12.2 Å². The lowest BCUT2D eigenvalue weighted by atomic mass is 10.0. The first-order chi connectivity index (χ1) is 10.1. The molecule has 1 fully saturated rings. The van der Waals surface area contributed by atoms with E-state index in [0.29, 0.717) is 24.4 Å². The number of likely N-dealkylation sites (tertiary alicyclic amines) is 1. The van der Waals surface area contributed by atoms with Crippen LogP contribution < -0.4 is 11.5 Å². The second kappa shape index (κ2) is 5.42. The summed E-state index contributed by atoms with van der Waals surface area (Å²) in [6.45, 7) is 1.02. The van der Waals surface area contributed by atoms with Crippen LogP contribution in [0.15, 0.2) is 24.5 Å². The molecule has 0 saturated carbocycles. The van der Waals surface area contributed by atoms with Crippen molar-refractivity contribution in [1.29, 1.82) is 0 Å². The Morgan fingerprint density at radius 1 is 1.43 bits per heavy atom. The molecule has 0 aliphatic carbocycles. The Hall–Kier alpha value is -1.99. The maximum atomic E-state index is 13.4. The monoisotopic (exact) mass is 291 g/mol. The quantitative estimate of drug-likeness (QED) is 0.833. The number of amides is 1. The Balaban J connectivity index is 1.84. The van der Waals surface area contributed by atoms with E-state index in [-0.39, 0.29) is 18.9 Å². The fraction of sp³-hybridized carbons (Fsp3) is 0.429. The predicted octanol–water partition coefficient (Wildman–Crippen LogP) is 0.304. The molecule has 0 spiro atoms. The number of rotatable bonds is 2. The van der Waals surface area contributed by atoms with E-state index >= 15 is 0 Å². The van der Waals surface area contributed by atoms with E-state index in [1.54, 1.807) is 15.5 Å². The molecule has 3 rings (SSSR count). The van der Waals surface area contributed by atoms with Crippen molar-refractivity contribution >= 4 is 11.6 Å². The van der Waals surface area contributed by atoms with Crippen molar-refractivity contribution in [1.82, 2.24) is 14.3 Å². The van der Waals surface area contributed by atoms with Crippen molar-refractivity contribution in [3.63, 3.8) is 0 Å². The molecule has 4 N–H and O–H groups in total. The number of piperidine rings is 1. The number of hydrogen-bond acceptors (Lipinski definition) is 4. The molecule has 7 heteroatoms. The van der Waals surface area contributed by atoms with Gasteiger partial charge in [-0.15, -0.1) is 0 Å². The number of carbonyl (C=O) groups excluding carboxylic acids is 1. The molecule has 3 heterocycles. The number of nitrogens with zero attached hydrogens (tertiary/aromatic N) is 3. The van der Waals surface area contributed by atoms with E-state index in [4.69, 9.17) is 11.5 Å². The normalized spacial score (nSPS) is 22.7. The molecule has 6 nitrogen and oxygen atoms in total. The van der Waals surface area contributed by atoms with Gasteiger partial charge >= 0.3 is 0 Å². The molecule has 1 aliphatic heterocycles. The van der Waals surface area contributed by atoms with Crippen LogP contribution in [0.3, 0.4) is 0 Å². The van der Waals surface area contributed by atoms with E-state index in [1.165, 1.54) is 0 Å². The van der Waals surface area contributed by atoms with Crippen LogP contribution in [-0.2, 0) is 6.54 Å². The van der Waals surface area contributed by atoms with Crippen molar-refractivity contribution in [3.05, 3.63) is 35.8 Å². The lowest BCUT2D eigenvalue weighted by Gasteiger charge is -2.32. The number of carbonyl (C=O) groups is 1. The summed E-state index contributed by atoms with van der Waals surface area (Å²) >= 11 is 0. The van der Waals surface area contributed by atoms with Gasteiger partial charge in [0.2, 0.25) is 0 Å². The standard InChI is InChI=1S/C14H18FN5O/c15-10-3-4-19(7-11(10)17)14(21)12-8-20-6-9(5-16)1-2-13(20)18-12/h1-2,6,8,10-11H,3-5,7,16-17H2/t10-,11-/m1/s1. The van der Waals surface area contributed by atoms with Crippen molar-refractivity contribution in [3.8, 4) is 0 Å². The predicted molar refractivity (Wildman–Crippen MR) is 76.5 cm³/mol. The summed E-state index contributed by atoms with van der Waals surface area (Å²) in [6.07, 6.45) is 2.75. The van der Waals surface area contributed by atoms with Crippen LogP contribution in [-0.4, -0.2) is 45.5 Å². The summed E-state index contributed by atoms with van der Waals surface area (Å²) in [5.74, 6) is -0.213. The summed E-state index contributed by atoms with van der Waals surface area (Å²) in [6, 6.07) is 3.07. The largest absolute Gasteiger partial charge is 0.335 e. The number of imidazole rings is 1. The number of alkyl halides is 1. The van der Waals surface area contributed by atoms with Gasteiger partial charge in [-0.25, -0.2) is 9.37 Å². The van der Waals surface area contributed by atoms with Gasteiger partial charge in [0, 0.05) is 32.0 Å². The smallest absolute Gasteiger partial charge is 0.274 e. The van der Waals surface area contributed by atoms with Gasteiger partial charge < -0.3 is 20.8 Å². The SMILES string of the molecule is NCc1ccc2nc(C(=O)N3CC[C@@H](F)[C@H](N)C3)cn2c1. The molecule has 2 atom stereocenters. The van der Waals surface area contributed by atoms with E-state index in [0.717, 1.165) is 5.56 Å². The first kappa shape index (κ1) is 14.0. The lowest BCUT2D eigenvalue weighted by molar-refractivity contribution is 0.0625. The van der Waals surface area contributed by atoms with Gasteiger partial charge in [0.1, 0.15) is 17.5 Å². The van der Waals surface area contributed by atoms with Gasteiger partial charge in [-0.05, 0) is 18.1 Å². The van der Waals surface area contributed by atoms with Gasteiger partial charge in [-0.2, -0.15) is 0 Å². The molecule has 0 bridgehead atoms. The van der Waals surface area contributed by atoms with Crippen LogP contribution in [0.25, 0.3) is 5.65 Å². The van der Waals surface area contributed by atoms with Crippen LogP contribution in [0.4, 0.5) is 4.39 Å². The third kappa shape index (κ3) is 2.62. The molecule has 2 aromatic rings. The highest BCUT2D eigenvalue weighted by molar-refractivity contribution is 5.93. The minimum Gasteiger partial charge on any atom is -0.335 e. The van der Waals surface area contributed by atoms with Gasteiger partial charge in [0.15, 0.2) is 0 Å². The summed E-state index contributed by atoms with van der Waals surface area (Å²) in [5, 5.41) is 0. The second-order valence-electron chi connectivity index (χ2n) is 5.35. The van der Waals surface area contributed by atoms with Gasteiger partial charge in [-0.1, -0.05) is 6.07 Å². The zero-order valence-corrected chi connectivity index (χ0v) is 11.6. The number of fused-ring (bicyclic) bond motifs is 1. The number of pyridine rings is 1. The fourth-order valence-electron chi connectivity index (χ4n) is 2.56. The molecule has 0 radical (unpaired) electrons. The number of nitrogens with two attached hydrogens (primary N) is 2. The Kier molecular flexibility index (Phi) is 3.60. The third-order valence-corrected chi connectivity index (χ3v) is 3.82. The summed E-state index contributed by atoms with van der Waals surface area (Å²) in [4.78, 5) is 18.3. The average molecular weight is 291 g/mol. The Morgan fingerprint density at radius 3 is 2.95 bits per heavy atom. The molecular formula is C14H18FN5O. The summed E-state index contributed by atoms with van der Waals surface area (Å²) in [7, 11) is 0. The average Bonchev–Trinajstić information content (AvgIpc) is 2.92. The number of aromatic nitrogens is 2. The second-order valence-corrected chi connectivity index (χ2v) is 5.35. The Labute approximate surface area is 121 Å². The number of halogens is 1. The van der Waals surface area contributed by atoms with Gasteiger partial charge in [0.05, 0.1) is 6.04 Å². The molecule has 2 aromatic heterocycles. The molecule has 21 heavy (non-hydrogen) atoms. The fourth-order valence-corrected chi connectivity index (χ4v) is 2.56. The van der Waals surface area contributed by atoms with Crippen molar-refractivity contribution in [2.45, 2.75) is 25.2 Å². The van der Waals surface area contributed by atoms with Crippen LogP contribution in [0.2, 0.25) is 0 Å². The molecule has 0 unspecified atom stereocenters. The molecule has 1 aliphatic rings. The molecule has 1 amide bonds. The van der Waals surface area contributed by atoms with Crippen LogP contribution in [0, 0.1) is 0 Å². The van der Waals surface area contributed by atoms with E-state index in [1.807, 2.05) is 18.3 Å². The van der Waals surface area contributed by atoms with Gasteiger partial charge in [0.25, 0.3) is 5.91 Å². The maximum Gasteiger partial charge on any atom is 0.274 e. The first-order valence-corrected chi connectivity index (χ1v) is 6.95. The Bertz CT molecular complexity index is 670. The van der Waals surface area contributed by atoms with Crippen molar-refractivity contribution in [2.24, 2.45) is 11.5 Å². The van der Waals surface area contributed by atoms with Gasteiger partial charge in [-0.3, -0.25) is 4.79 Å². The highest BCUT2D eigenvalue weighted by Crippen LogP contribution is 2.16. The minimum atomic E-state index is -1.04. The number of hydrogen-bond donors (Lipinski definition) is 2. The van der Waals surface area contributed by atoms with E-state index in [2.05, 4.69) is 4.98 Å². The van der Waals surface area contributed by atoms with E-state index in [9.17, 15) is 9.18 Å². The van der Waals surface area contributed by atoms with Crippen LogP contribution >= 0.6 is 0 Å². The molecule has 0 aromatic carbocycles. The van der Waals surface area contributed by atoms with Crippen molar-refractivity contribution in [2.75, 3.05) is 13.1 Å².